The van der Waals surface area contributed by atoms with Crippen molar-refractivity contribution in [3.63, 3.8) is 0 Å². The number of benzene rings is 2. The van der Waals surface area contributed by atoms with Gasteiger partial charge in [0.2, 0.25) is 0 Å². The van der Waals surface area contributed by atoms with E-state index >= 15 is 0 Å². The normalized spacial score (nSPS) is 10.5. The number of carbonyl (C=O) groups is 1. The number of nitrogen functional groups attached to an aromatic ring is 1. The number of carboxylic acid groups (broad SMARTS) is 1. The molecule has 3 N–H and O–H groups in total. The summed E-state index contributed by atoms with van der Waals surface area (Å²) in [7, 11) is 1.61. The maximum absolute atomic E-state index is 10.9. The Morgan fingerprint density at radius 3 is 2.35 bits per heavy atom. The zero-order valence-electron chi connectivity index (χ0n) is 12.4. The molecule has 0 aliphatic rings. The maximum Gasteiger partial charge on any atom is 0.335 e. The number of anilines is 1. The van der Waals surface area contributed by atoms with Gasteiger partial charge in [-0.1, -0.05) is 0 Å². The van der Waals surface area contributed by atoms with Crippen molar-refractivity contribution in [1.29, 1.82) is 0 Å². The van der Waals surface area contributed by atoms with Crippen LogP contribution in [0.4, 0.5) is 5.69 Å². The quantitative estimate of drug-likeness (QED) is 0.773. The van der Waals surface area contributed by atoms with Crippen molar-refractivity contribution < 1.29 is 14.6 Å². The highest BCUT2D eigenvalue weighted by Crippen LogP contribution is 2.27. The van der Waals surface area contributed by atoms with Crippen molar-refractivity contribution in [1.82, 2.24) is 9.78 Å². The lowest BCUT2D eigenvalue weighted by Gasteiger charge is -2.03. The van der Waals surface area contributed by atoms with Gasteiger partial charge in [0, 0.05) is 5.56 Å². The van der Waals surface area contributed by atoms with Crippen LogP contribution in [0.5, 0.6) is 5.75 Å². The Bertz CT molecular complexity index is 837. The van der Waals surface area contributed by atoms with E-state index in [1.807, 2.05) is 24.3 Å². The Morgan fingerprint density at radius 1 is 1.13 bits per heavy atom. The predicted molar refractivity (Wildman–Crippen MR) is 86.9 cm³/mol. The molecule has 116 valence electrons. The van der Waals surface area contributed by atoms with Crippen LogP contribution in [0.1, 0.15) is 10.4 Å². The number of aromatic nitrogens is 2. The number of methoxy groups -OCH3 is 1. The monoisotopic (exact) mass is 309 g/mol. The topological polar surface area (TPSA) is 90.4 Å². The highest BCUT2D eigenvalue weighted by Gasteiger charge is 2.10. The molecular formula is C17H15N3O3. The molecule has 6 heteroatoms. The van der Waals surface area contributed by atoms with Gasteiger partial charge in [-0.15, -0.1) is 0 Å². The van der Waals surface area contributed by atoms with Crippen molar-refractivity contribution >= 4 is 11.7 Å². The standard InChI is InChI=1S/C17H15N3O3/c1-23-14-8-4-11(5-9-14)16-15(18)10-20(19-16)13-6-2-12(3-7-13)17(21)22/h2-10H,18H2,1H3,(H,21,22). The minimum absolute atomic E-state index is 0.226. The number of hydrogen-bond acceptors (Lipinski definition) is 4. The fourth-order valence-electron chi connectivity index (χ4n) is 2.25. The molecule has 0 aliphatic heterocycles. The summed E-state index contributed by atoms with van der Waals surface area (Å²) < 4.78 is 6.76. The minimum atomic E-state index is -0.963. The Labute approximate surface area is 132 Å². The molecule has 0 spiro atoms. The first-order valence-electron chi connectivity index (χ1n) is 6.92. The summed E-state index contributed by atoms with van der Waals surface area (Å²) in [5, 5.41) is 13.4. The second-order valence-electron chi connectivity index (χ2n) is 4.96. The average molecular weight is 309 g/mol. The van der Waals surface area contributed by atoms with Gasteiger partial charge in [-0.3, -0.25) is 0 Å². The number of hydrogen-bond donors (Lipinski definition) is 2. The molecule has 0 saturated carbocycles. The molecule has 0 atom stereocenters. The summed E-state index contributed by atoms with van der Waals surface area (Å²) in [6.07, 6.45) is 1.70. The number of ether oxygens (including phenoxy) is 1. The van der Waals surface area contributed by atoms with Gasteiger partial charge in [-0.2, -0.15) is 5.10 Å². The maximum atomic E-state index is 10.9. The molecule has 0 fully saturated rings. The largest absolute Gasteiger partial charge is 0.497 e. The summed E-state index contributed by atoms with van der Waals surface area (Å²) in [6, 6.07) is 13.9. The Hall–Kier alpha value is -3.28. The van der Waals surface area contributed by atoms with Crippen LogP contribution in [0.25, 0.3) is 16.9 Å². The molecule has 0 saturated heterocycles. The van der Waals surface area contributed by atoms with E-state index in [9.17, 15) is 4.79 Å². The summed E-state index contributed by atoms with van der Waals surface area (Å²) in [5.41, 5.74) is 9.09. The molecule has 0 amide bonds. The SMILES string of the molecule is COc1ccc(-c2nn(-c3ccc(C(=O)O)cc3)cc2N)cc1. The molecule has 0 aliphatic carbocycles. The summed E-state index contributed by atoms with van der Waals surface area (Å²) in [4.78, 5) is 10.9. The van der Waals surface area contributed by atoms with Gasteiger partial charge in [0.05, 0.1) is 30.2 Å². The highest BCUT2D eigenvalue weighted by molar-refractivity contribution is 5.87. The minimum Gasteiger partial charge on any atom is -0.497 e. The van der Waals surface area contributed by atoms with Crippen molar-refractivity contribution in [3.8, 4) is 22.7 Å². The molecule has 1 aromatic heterocycles. The van der Waals surface area contributed by atoms with Crippen LogP contribution in [0.2, 0.25) is 0 Å². The van der Waals surface area contributed by atoms with E-state index in [-0.39, 0.29) is 5.56 Å². The molecule has 2 aromatic carbocycles. The van der Waals surface area contributed by atoms with Crippen LogP contribution in [-0.2, 0) is 0 Å². The number of nitrogens with two attached hydrogens (primary N) is 1. The Morgan fingerprint density at radius 2 is 1.78 bits per heavy atom. The van der Waals surface area contributed by atoms with Crippen molar-refractivity contribution in [2.75, 3.05) is 12.8 Å². The van der Waals surface area contributed by atoms with Crippen LogP contribution in [0.15, 0.2) is 54.7 Å². The van der Waals surface area contributed by atoms with Gasteiger partial charge in [0.25, 0.3) is 0 Å². The van der Waals surface area contributed by atoms with Crippen LogP contribution < -0.4 is 10.5 Å². The first-order valence-corrected chi connectivity index (χ1v) is 6.92. The second kappa shape index (κ2) is 5.84. The lowest BCUT2D eigenvalue weighted by atomic mass is 10.1. The molecule has 23 heavy (non-hydrogen) atoms. The summed E-state index contributed by atoms with van der Waals surface area (Å²) in [5.74, 6) is -0.202. The number of nitrogens with zero attached hydrogens (tertiary/aromatic N) is 2. The van der Waals surface area contributed by atoms with Gasteiger partial charge >= 0.3 is 5.97 Å². The second-order valence-corrected chi connectivity index (χ2v) is 4.96. The van der Waals surface area contributed by atoms with Crippen LogP contribution in [0, 0.1) is 0 Å². The van der Waals surface area contributed by atoms with E-state index in [0.29, 0.717) is 11.4 Å². The Kier molecular flexibility index (Phi) is 3.72. The van der Waals surface area contributed by atoms with Gasteiger partial charge in [-0.05, 0) is 48.5 Å². The van der Waals surface area contributed by atoms with E-state index in [4.69, 9.17) is 15.6 Å². The Balaban J connectivity index is 1.95. The molecule has 3 rings (SSSR count). The van der Waals surface area contributed by atoms with Crippen molar-refractivity contribution in [2.45, 2.75) is 0 Å². The van der Waals surface area contributed by atoms with Gasteiger partial charge in [0.1, 0.15) is 11.4 Å². The van der Waals surface area contributed by atoms with Gasteiger partial charge in [0.15, 0.2) is 0 Å². The molecule has 0 radical (unpaired) electrons. The fourth-order valence-corrected chi connectivity index (χ4v) is 2.25. The molecule has 0 unspecified atom stereocenters. The highest BCUT2D eigenvalue weighted by atomic mass is 16.5. The molecule has 1 heterocycles. The van der Waals surface area contributed by atoms with Gasteiger partial charge < -0.3 is 15.6 Å². The first kappa shape index (κ1) is 14.6. The fraction of sp³-hybridized carbons (Fsp3) is 0.0588. The van der Waals surface area contributed by atoms with Crippen molar-refractivity contribution in [2.24, 2.45) is 0 Å². The number of carboxylic acids is 1. The molecule has 6 nitrogen and oxygen atoms in total. The smallest absolute Gasteiger partial charge is 0.335 e. The van der Waals surface area contributed by atoms with E-state index < -0.39 is 5.97 Å². The van der Waals surface area contributed by atoms with E-state index in [1.165, 1.54) is 12.1 Å². The predicted octanol–water partition coefficient (Wildman–Crippen LogP) is 2.83. The van der Waals surface area contributed by atoms with Crippen LogP contribution in [-0.4, -0.2) is 28.0 Å². The molecule has 3 aromatic rings. The first-order chi connectivity index (χ1) is 11.1. The number of aromatic carboxylic acids is 1. The average Bonchev–Trinajstić information content (AvgIpc) is 2.97. The van der Waals surface area contributed by atoms with Crippen LogP contribution >= 0.6 is 0 Å². The number of rotatable bonds is 4. The molecule has 0 bridgehead atoms. The van der Waals surface area contributed by atoms with E-state index in [1.54, 1.807) is 30.1 Å². The molecular weight excluding hydrogens is 294 g/mol. The summed E-state index contributed by atoms with van der Waals surface area (Å²) in [6.45, 7) is 0. The van der Waals surface area contributed by atoms with E-state index in [2.05, 4.69) is 5.10 Å². The zero-order valence-corrected chi connectivity index (χ0v) is 12.4. The van der Waals surface area contributed by atoms with Crippen LogP contribution in [0.3, 0.4) is 0 Å². The van der Waals surface area contributed by atoms with E-state index in [0.717, 1.165) is 17.0 Å². The van der Waals surface area contributed by atoms with Crippen molar-refractivity contribution in [3.05, 3.63) is 60.3 Å². The lowest BCUT2D eigenvalue weighted by Crippen LogP contribution is -1.99. The third-order valence-electron chi connectivity index (χ3n) is 3.48. The third kappa shape index (κ3) is 2.87. The lowest BCUT2D eigenvalue weighted by molar-refractivity contribution is 0.0697. The van der Waals surface area contributed by atoms with Gasteiger partial charge in [-0.25, -0.2) is 9.48 Å². The third-order valence-corrected chi connectivity index (χ3v) is 3.48. The summed E-state index contributed by atoms with van der Waals surface area (Å²) >= 11 is 0. The zero-order chi connectivity index (χ0) is 16.4.